The number of thioether (sulfide) groups is 1. The van der Waals surface area contributed by atoms with E-state index in [1.807, 2.05) is 17.9 Å². The molecule has 3 aromatic rings. The van der Waals surface area contributed by atoms with Crippen LogP contribution in [0, 0.1) is 18.6 Å². The van der Waals surface area contributed by atoms with Gasteiger partial charge in [-0.05, 0) is 37.1 Å². The summed E-state index contributed by atoms with van der Waals surface area (Å²) < 4.78 is 37.1. The van der Waals surface area contributed by atoms with E-state index in [0.29, 0.717) is 68.0 Å². The zero-order chi connectivity index (χ0) is 29.3. The molecule has 1 amide bonds. The number of piperazine rings is 1. The summed E-state index contributed by atoms with van der Waals surface area (Å²) in [6, 6.07) is 4.45. The number of morpholine rings is 1. The zero-order valence-corrected chi connectivity index (χ0v) is 24.7. The molecule has 4 aliphatic heterocycles. The number of hydrogen-bond acceptors (Lipinski definition) is 7. The van der Waals surface area contributed by atoms with Gasteiger partial charge in [-0.15, -0.1) is 11.8 Å². The molecule has 0 aliphatic carbocycles. The Morgan fingerprint density at radius 1 is 1.14 bits per heavy atom. The molecule has 8 nitrogen and oxygen atoms in total. The topological polar surface area (TPSA) is 70.9 Å². The third-order valence-electron chi connectivity index (χ3n) is 8.97. The van der Waals surface area contributed by atoms with Crippen LogP contribution in [-0.4, -0.2) is 88.5 Å². The van der Waals surface area contributed by atoms with Crippen LogP contribution in [0.2, 0.25) is 5.02 Å². The molecule has 2 aromatic carbocycles. The normalized spacial score (nSPS) is 24.0. The van der Waals surface area contributed by atoms with Gasteiger partial charge in [-0.25, -0.2) is 13.6 Å². The van der Waals surface area contributed by atoms with Gasteiger partial charge in [0.25, 0.3) is 0 Å². The van der Waals surface area contributed by atoms with E-state index in [0.717, 1.165) is 34.9 Å². The van der Waals surface area contributed by atoms with Gasteiger partial charge in [-0.3, -0.25) is 14.3 Å². The quantitative estimate of drug-likeness (QED) is 0.324. The number of fused-ring (bicyclic) bond motifs is 2. The number of amides is 1. The van der Waals surface area contributed by atoms with Crippen molar-refractivity contribution in [3.63, 3.8) is 0 Å². The maximum absolute atomic E-state index is 15.4. The Morgan fingerprint density at radius 3 is 2.62 bits per heavy atom. The predicted molar refractivity (Wildman–Crippen MR) is 159 cm³/mol. The van der Waals surface area contributed by atoms with Crippen molar-refractivity contribution in [2.45, 2.75) is 43.0 Å². The molecule has 3 atom stereocenters. The molecule has 3 saturated heterocycles. The van der Waals surface area contributed by atoms with E-state index in [2.05, 4.69) is 16.5 Å². The van der Waals surface area contributed by atoms with Crippen molar-refractivity contribution in [2.24, 2.45) is 0 Å². The fraction of sp³-hybridized carbons (Fsp3) is 0.433. The summed E-state index contributed by atoms with van der Waals surface area (Å²) in [6.07, 6.45) is 2.51. The van der Waals surface area contributed by atoms with Crippen LogP contribution in [0.4, 0.5) is 14.6 Å². The van der Waals surface area contributed by atoms with Crippen molar-refractivity contribution in [1.29, 1.82) is 0 Å². The molecule has 0 saturated carbocycles. The highest BCUT2D eigenvalue weighted by atomic mass is 35.5. The first-order valence-electron chi connectivity index (χ1n) is 14.1. The van der Waals surface area contributed by atoms with E-state index < -0.39 is 11.6 Å². The Hall–Kier alpha value is -2.99. The average Bonchev–Trinajstić information content (AvgIpc) is 3.56. The van der Waals surface area contributed by atoms with Gasteiger partial charge in [0.1, 0.15) is 17.5 Å². The fourth-order valence-electron chi connectivity index (χ4n) is 6.91. The predicted octanol–water partition coefficient (Wildman–Crippen LogP) is 4.09. The zero-order valence-electron chi connectivity index (χ0n) is 23.1. The van der Waals surface area contributed by atoms with E-state index in [1.54, 1.807) is 21.2 Å². The van der Waals surface area contributed by atoms with E-state index in [4.69, 9.17) is 16.3 Å². The molecule has 1 aromatic heterocycles. The second-order valence-corrected chi connectivity index (χ2v) is 12.8. The Morgan fingerprint density at radius 2 is 1.93 bits per heavy atom. The minimum absolute atomic E-state index is 0.0538. The molecule has 12 heteroatoms. The fourth-order valence-corrected chi connectivity index (χ4v) is 8.50. The Labute approximate surface area is 250 Å². The monoisotopic (exact) mass is 613 g/mol. The number of aryl methyl sites for hydroxylation is 1. The van der Waals surface area contributed by atoms with Gasteiger partial charge in [-0.2, -0.15) is 4.98 Å². The summed E-state index contributed by atoms with van der Waals surface area (Å²) in [4.78, 5) is 37.6. The Balaban J connectivity index is 1.39. The maximum Gasteiger partial charge on any atom is 0.350 e. The molecule has 0 N–H and O–H groups in total. The van der Waals surface area contributed by atoms with Crippen molar-refractivity contribution < 1.29 is 18.3 Å². The van der Waals surface area contributed by atoms with E-state index >= 15 is 4.39 Å². The number of likely N-dealkylation sites (tertiary alicyclic amines) is 1. The molecule has 42 heavy (non-hydrogen) atoms. The highest BCUT2D eigenvalue weighted by molar-refractivity contribution is 7.99. The van der Waals surface area contributed by atoms with E-state index in [9.17, 15) is 14.0 Å². The van der Waals surface area contributed by atoms with Crippen LogP contribution in [0.1, 0.15) is 12.0 Å². The molecular weight excluding hydrogens is 584 g/mol. The average molecular weight is 614 g/mol. The first-order valence-corrected chi connectivity index (χ1v) is 15.5. The second-order valence-electron chi connectivity index (χ2n) is 11.4. The lowest BCUT2D eigenvalue weighted by Gasteiger charge is -2.36. The lowest BCUT2D eigenvalue weighted by atomic mass is 9.97. The summed E-state index contributed by atoms with van der Waals surface area (Å²) in [7, 11) is 0. The molecule has 0 radical (unpaired) electrons. The number of anilines is 1. The molecule has 2 bridgehead atoms. The Kier molecular flexibility index (Phi) is 7.04. The van der Waals surface area contributed by atoms with Crippen LogP contribution in [-0.2, 0) is 16.1 Å². The van der Waals surface area contributed by atoms with Crippen LogP contribution >= 0.6 is 23.4 Å². The summed E-state index contributed by atoms with van der Waals surface area (Å²) >= 11 is 7.74. The number of carbonyl (C=O) groups is 1. The number of aromatic nitrogens is 2. The Bertz CT molecular complexity index is 1690. The number of rotatable bonds is 4. The highest BCUT2D eigenvalue weighted by Gasteiger charge is 2.43. The van der Waals surface area contributed by atoms with Crippen molar-refractivity contribution >= 4 is 46.0 Å². The molecule has 1 unspecified atom stereocenters. The van der Waals surface area contributed by atoms with Crippen molar-refractivity contribution in [1.82, 2.24) is 19.4 Å². The smallest absolute Gasteiger partial charge is 0.350 e. The summed E-state index contributed by atoms with van der Waals surface area (Å²) in [5.74, 6) is -0.418. The van der Waals surface area contributed by atoms with Gasteiger partial charge < -0.3 is 14.5 Å². The summed E-state index contributed by atoms with van der Waals surface area (Å²) in [5, 5.41) is 0.629. The van der Waals surface area contributed by atoms with Crippen LogP contribution in [0.15, 0.2) is 40.5 Å². The number of carbonyl (C=O) groups excluding carboxylic acids is 1. The maximum atomic E-state index is 15.4. The number of ether oxygens (including phenoxy) is 1. The molecule has 220 valence electrons. The summed E-state index contributed by atoms with van der Waals surface area (Å²) in [5.41, 5.74) is 1.90. The van der Waals surface area contributed by atoms with Crippen LogP contribution in [0.25, 0.3) is 22.0 Å². The van der Waals surface area contributed by atoms with Crippen molar-refractivity contribution in [3.8, 4) is 11.1 Å². The van der Waals surface area contributed by atoms with Crippen molar-refractivity contribution in [2.75, 3.05) is 50.0 Å². The van der Waals surface area contributed by atoms with Gasteiger partial charge >= 0.3 is 5.69 Å². The van der Waals surface area contributed by atoms with E-state index in [1.165, 1.54) is 12.1 Å². The van der Waals surface area contributed by atoms with Gasteiger partial charge in [0.15, 0.2) is 0 Å². The highest BCUT2D eigenvalue weighted by Crippen LogP contribution is 2.45. The first-order chi connectivity index (χ1) is 20.2. The largest absolute Gasteiger partial charge is 0.375 e. The van der Waals surface area contributed by atoms with Gasteiger partial charge in [-0.1, -0.05) is 18.2 Å². The van der Waals surface area contributed by atoms with Crippen molar-refractivity contribution in [3.05, 3.63) is 63.6 Å². The number of nitrogens with zero attached hydrogens (tertiary/aromatic N) is 5. The van der Waals surface area contributed by atoms with Crippen LogP contribution in [0.3, 0.4) is 0 Å². The number of halogens is 3. The van der Waals surface area contributed by atoms with Crippen LogP contribution in [0.5, 0.6) is 0 Å². The number of hydrogen-bond donors (Lipinski definition) is 0. The molecule has 7 rings (SSSR count). The minimum atomic E-state index is -0.821. The molecule has 0 spiro atoms. The standard InChI is InChI=1S/C30H30ClF2N5O3S/c1-3-25(39)35-4-6-36(7-5-35)29-21-8-16(2)26(20-10-22(31)24(33)11-23(20)32)28-27(21)38(30(40)34-29)12-18(15-42-28)37-13-19-9-17(37)14-41-19/h3,8,10-11,17-19H,1,4-7,9,12-15H2,2H3/t17-,18?,19-/m0/s1. The second kappa shape index (κ2) is 10.6. The molecule has 5 heterocycles. The van der Waals surface area contributed by atoms with Gasteiger partial charge in [0.05, 0.1) is 23.3 Å². The minimum Gasteiger partial charge on any atom is -0.375 e. The van der Waals surface area contributed by atoms with Crippen LogP contribution < -0.4 is 10.6 Å². The van der Waals surface area contributed by atoms with E-state index in [-0.39, 0.29) is 34.3 Å². The van der Waals surface area contributed by atoms with Gasteiger partial charge in [0.2, 0.25) is 5.91 Å². The third kappa shape index (κ3) is 4.52. The first kappa shape index (κ1) is 27.8. The summed E-state index contributed by atoms with van der Waals surface area (Å²) in [6.45, 7) is 9.41. The molecule has 4 aliphatic rings. The lowest BCUT2D eigenvalue weighted by Crippen LogP contribution is -2.49. The molecule has 3 fully saturated rings. The number of benzene rings is 2. The SMILES string of the molecule is C=CC(=O)N1CCN(c2nc(=O)n3c4c(c(-c5cc(Cl)c(F)cc5F)c(C)cc24)SCC(N2C[C@@H]4C[C@H]2CO4)C3)CC1. The third-order valence-corrected chi connectivity index (χ3v) is 10.5. The van der Waals surface area contributed by atoms with Gasteiger partial charge in [0, 0.05) is 84.6 Å². The lowest BCUT2D eigenvalue weighted by molar-refractivity contribution is -0.126. The molecular formula is C30H30ClF2N5O3S.